The van der Waals surface area contributed by atoms with Gasteiger partial charge in [-0.2, -0.15) is 0 Å². The molecule has 1 heterocycles. The minimum absolute atomic E-state index is 0.257. The van der Waals surface area contributed by atoms with Crippen molar-refractivity contribution in [1.29, 1.82) is 0 Å². The Kier molecular flexibility index (Phi) is 9.07. The number of aromatic nitrogens is 1. The van der Waals surface area contributed by atoms with Crippen molar-refractivity contribution in [2.75, 3.05) is 46.3 Å². The van der Waals surface area contributed by atoms with E-state index in [1.165, 1.54) is 38.7 Å². The van der Waals surface area contributed by atoms with Crippen LogP contribution in [0.25, 0.3) is 0 Å². The summed E-state index contributed by atoms with van der Waals surface area (Å²) in [6, 6.07) is 3.52. The van der Waals surface area contributed by atoms with Crippen LogP contribution in [-0.4, -0.2) is 68.7 Å². The van der Waals surface area contributed by atoms with Gasteiger partial charge >= 0.3 is 0 Å². The predicted molar refractivity (Wildman–Crippen MR) is 121 cm³/mol. The van der Waals surface area contributed by atoms with E-state index in [0.29, 0.717) is 35.0 Å². The molecular formula is C21H30N4O5S. The Morgan fingerprint density at radius 3 is 2.29 bits per heavy atom. The molecule has 170 valence electrons. The van der Waals surface area contributed by atoms with Gasteiger partial charge in [-0.05, 0) is 20.4 Å². The van der Waals surface area contributed by atoms with E-state index in [4.69, 9.17) is 14.2 Å². The van der Waals surface area contributed by atoms with Crippen molar-refractivity contribution in [2.45, 2.75) is 26.8 Å². The summed E-state index contributed by atoms with van der Waals surface area (Å²) in [6.45, 7) is 8.52. The van der Waals surface area contributed by atoms with E-state index in [1.54, 1.807) is 11.4 Å². The summed E-state index contributed by atoms with van der Waals surface area (Å²) in [5.41, 5.74) is 0.516. The number of ether oxygens (including phenoxy) is 3. The molecule has 0 spiro atoms. The van der Waals surface area contributed by atoms with E-state index in [2.05, 4.69) is 41.3 Å². The third kappa shape index (κ3) is 6.31. The van der Waals surface area contributed by atoms with Crippen LogP contribution in [0.3, 0.4) is 0 Å². The highest BCUT2D eigenvalue weighted by Gasteiger charge is 2.20. The third-order valence-electron chi connectivity index (χ3n) is 4.73. The molecule has 2 amide bonds. The topological polar surface area (TPSA) is 102 Å². The van der Waals surface area contributed by atoms with Gasteiger partial charge in [-0.15, -0.1) is 11.3 Å². The molecule has 31 heavy (non-hydrogen) atoms. The lowest BCUT2D eigenvalue weighted by Gasteiger charge is -2.24. The molecule has 0 unspecified atom stereocenters. The highest BCUT2D eigenvalue weighted by atomic mass is 32.1. The number of methoxy groups -OCH3 is 3. The van der Waals surface area contributed by atoms with Gasteiger partial charge in [-0.25, -0.2) is 4.98 Å². The zero-order chi connectivity index (χ0) is 23.0. The summed E-state index contributed by atoms with van der Waals surface area (Å²) in [4.78, 5) is 31.6. The zero-order valence-electron chi connectivity index (χ0n) is 18.8. The molecule has 2 rings (SSSR count). The lowest BCUT2D eigenvalue weighted by atomic mass is 10.1. The number of anilines is 1. The van der Waals surface area contributed by atoms with Crippen LogP contribution in [0.5, 0.6) is 17.2 Å². The second-order valence-corrected chi connectivity index (χ2v) is 7.74. The van der Waals surface area contributed by atoms with E-state index < -0.39 is 5.91 Å². The first kappa shape index (κ1) is 24.4. The largest absolute Gasteiger partial charge is 0.496 e. The van der Waals surface area contributed by atoms with E-state index in [9.17, 15) is 9.59 Å². The molecule has 0 bridgehead atoms. The molecule has 10 heteroatoms. The standard InChI is InChI=1S/C21H30N4O5S/c1-7-25(13(2)3)9-8-22-20(27)15-12-31-21(23-15)24-19(26)14-10-17(29-5)18(30-6)11-16(14)28-4/h10-13H,7-9H2,1-6H3,(H,22,27)(H,23,24,26). The number of thiazole rings is 1. The van der Waals surface area contributed by atoms with Crippen molar-refractivity contribution in [3.63, 3.8) is 0 Å². The number of amides is 2. The average Bonchev–Trinajstić information content (AvgIpc) is 3.23. The van der Waals surface area contributed by atoms with Crippen molar-refractivity contribution in [3.05, 3.63) is 28.8 Å². The van der Waals surface area contributed by atoms with E-state index >= 15 is 0 Å². The fourth-order valence-electron chi connectivity index (χ4n) is 2.99. The van der Waals surface area contributed by atoms with Gasteiger partial charge in [0.25, 0.3) is 11.8 Å². The molecule has 1 aromatic heterocycles. The Hall–Kier alpha value is -2.85. The third-order valence-corrected chi connectivity index (χ3v) is 5.49. The Balaban J connectivity index is 2.04. The molecule has 2 N–H and O–H groups in total. The molecule has 1 aromatic carbocycles. The van der Waals surface area contributed by atoms with Crippen LogP contribution in [0.4, 0.5) is 5.13 Å². The monoisotopic (exact) mass is 450 g/mol. The number of nitrogens with zero attached hydrogens (tertiary/aromatic N) is 2. The summed E-state index contributed by atoms with van der Waals surface area (Å²) in [5.74, 6) is 0.462. The SMILES string of the molecule is CCN(CCNC(=O)c1csc(NC(=O)c2cc(OC)c(OC)cc2OC)n1)C(C)C. The predicted octanol–water partition coefficient (Wildman–Crippen LogP) is 2.88. The zero-order valence-corrected chi connectivity index (χ0v) is 19.6. The summed E-state index contributed by atoms with van der Waals surface area (Å²) in [6.07, 6.45) is 0. The van der Waals surface area contributed by atoms with Crippen molar-refractivity contribution in [2.24, 2.45) is 0 Å². The summed E-state index contributed by atoms with van der Waals surface area (Å²) in [7, 11) is 4.45. The number of hydrogen-bond donors (Lipinski definition) is 2. The van der Waals surface area contributed by atoms with Gasteiger partial charge < -0.3 is 19.5 Å². The second kappa shape index (κ2) is 11.5. The normalized spacial score (nSPS) is 10.8. The Labute approximate surface area is 186 Å². The molecule has 9 nitrogen and oxygen atoms in total. The van der Waals surface area contributed by atoms with Crippen LogP contribution >= 0.6 is 11.3 Å². The summed E-state index contributed by atoms with van der Waals surface area (Å²) >= 11 is 1.17. The maximum absolute atomic E-state index is 12.8. The van der Waals surface area contributed by atoms with Gasteiger partial charge in [0.2, 0.25) is 0 Å². The first-order chi connectivity index (χ1) is 14.8. The van der Waals surface area contributed by atoms with Crippen LogP contribution in [0.15, 0.2) is 17.5 Å². The number of carbonyl (C=O) groups is 2. The fourth-order valence-corrected chi connectivity index (χ4v) is 3.68. The van der Waals surface area contributed by atoms with Gasteiger partial charge in [0.15, 0.2) is 16.6 Å². The number of likely N-dealkylation sites (N-methyl/N-ethyl adjacent to an activating group) is 1. The van der Waals surface area contributed by atoms with Gasteiger partial charge in [0.05, 0.1) is 26.9 Å². The highest BCUT2D eigenvalue weighted by molar-refractivity contribution is 7.14. The second-order valence-electron chi connectivity index (χ2n) is 6.88. The molecule has 2 aromatic rings. The molecule has 0 saturated heterocycles. The summed E-state index contributed by atoms with van der Waals surface area (Å²) < 4.78 is 15.8. The highest BCUT2D eigenvalue weighted by Crippen LogP contribution is 2.35. The minimum Gasteiger partial charge on any atom is -0.496 e. The summed E-state index contributed by atoms with van der Waals surface area (Å²) in [5, 5.41) is 7.48. The first-order valence-electron chi connectivity index (χ1n) is 9.93. The van der Waals surface area contributed by atoms with E-state index in [0.717, 1.165) is 13.1 Å². The fraction of sp³-hybridized carbons (Fsp3) is 0.476. The lowest BCUT2D eigenvalue weighted by molar-refractivity contribution is 0.0940. The van der Waals surface area contributed by atoms with Crippen LogP contribution in [0.2, 0.25) is 0 Å². The molecule has 0 atom stereocenters. The lowest BCUT2D eigenvalue weighted by Crippen LogP contribution is -2.38. The van der Waals surface area contributed by atoms with Crippen LogP contribution < -0.4 is 24.8 Å². The maximum atomic E-state index is 12.8. The molecule has 0 aliphatic rings. The van der Waals surface area contributed by atoms with Gasteiger partial charge in [-0.3, -0.25) is 19.8 Å². The molecule has 0 aliphatic heterocycles. The van der Waals surface area contributed by atoms with Crippen LogP contribution in [-0.2, 0) is 0 Å². The van der Waals surface area contributed by atoms with E-state index in [1.807, 2.05) is 0 Å². The minimum atomic E-state index is -0.436. The van der Waals surface area contributed by atoms with Crippen LogP contribution in [0.1, 0.15) is 41.6 Å². The Morgan fingerprint density at radius 2 is 1.71 bits per heavy atom. The maximum Gasteiger partial charge on any atom is 0.270 e. The van der Waals surface area contributed by atoms with Gasteiger partial charge in [-0.1, -0.05) is 6.92 Å². The van der Waals surface area contributed by atoms with Gasteiger partial charge in [0, 0.05) is 36.6 Å². The molecule has 0 saturated carbocycles. The van der Waals surface area contributed by atoms with Crippen LogP contribution in [0, 0.1) is 0 Å². The number of carbonyl (C=O) groups excluding carboxylic acids is 2. The number of nitrogens with one attached hydrogen (secondary N) is 2. The van der Waals surface area contributed by atoms with Crippen molar-refractivity contribution >= 4 is 28.3 Å². The Bertz CT molecular complexity index is 900. The number of benzene rings is 1. The van der Waals surface area contributed by atoms with Crippen molar-refractivity contribution in [3.8, 4) is 17.2 Å². The first-order valence-corrected chi connectivity index (χ1v) is 10.8. The molecule has 0 radical (unpaired) electrons. The quantitative estimate of drug-likeness (QED) is 0.543. The molecule has 0 aliphatic carbocycles. The average molecular weight is 451 g/mol. The molecular weight excluding hydrogens is 420 g/mol. The smallest absolute Gasteiger partial charge is 0.270 e. The molecule has 0 fully saturated rings. The number of hydrogen-bond acceptors (Lipinski definition) is 8. The van der Waals surface area contributed by atoms with Crippen molar-refractivity contribution in [1.82, 2.24) is 15.2 Å². The van der Waals surface area contributed by atoms with Crippen molar-refractivity contribution < 1.29 is 23.8 Å². The van der Waals surface area contributed by atoms with E-state index in [-0.39, 0.29) is 17.2 Å². The van der Waals surface area contributed by atoms with Gasteiger partial charge in [0.1, 0.15) is 11.4 Å². The number of rotatable bonds is 11. The Morgan fingerprint density at radius 1 is 1.06 bits per heavy atom.